The van der Waals surface area contributed by atoms with Crippen LogP contribution in [0, 0.1) is 5.92 Å². The summed E-state index contributed by atoms with van der Waals surface area (Å²) < 4.78 is 5.40. The topological polar surface area (TPSA) is 91.0 Å². The normalized spacial score (nSPS) is 15.3. The maximum atomic E-state index is 13.1. The Morgan fingerprint density at radius 2 is 1.77 bits per heavy atom. The third-order valence-electron chi connectivity index (χ3n) is 5.14. The summed E-state index contributed by atoms with van der Waals surface area (Å²) in [6.07, 6.45) is 1.64. The number of hydrogen-bond donors (Lipinski definition) is 2. The Morgan fingerprint density at radius 3 is 2.32 bits per heavy atom. The van der Waals surface area contributed by atoms with E-state index < -0.39 is 6.04 Å². The molecule has 0 spiro atoms. The maximum Gasteiger partial charge on any atom is 0.251 e. The van der Waals surface area contributed by atoms with Crippen LogP contribution >= 0.6 is 0 Å². The Labute approximate surface area is 184 Å². The van der Waals surface area contributed by atoms with E-state index in [2.05, 4.69) is 17.2 Å². The van der Waals surface area contributed by atoms with Gasteiger partial charge in [-0.05, 0) is 37.1 Å². The Balaban J connectivity index is 1.91. The molecule has 8 heteroatoms. The number of benzene rings is 1. The summed E-state index contributed by atoms with van der Waals surface area (Å²) in [5.41, 5.74) is 0.484. The molecule has 1 aliphatic heterocycles. The molecule has 1 saturated heterocycles. The lowest BCUT2D eigenvalue weighted by atomic mass is 10.0. The van der Waals surface area contributed by atoms with Crippen molar-refractivity contribution in [2.24, 2.45) is 5.92 Å². The van der Waals surface area contributed by atoms with Crippen LogP contribution in [-0.2, 0) is 9.59 Å². The van der Waals surface area contributed by atoms with Gasteiger partial charge in [0, 0.05) is 38.3 Å². The van der Waals surface area contributed by atoms with E-state index in [1.165, 1.54) is 0 Å². The third kappa shape index (κ3) is 7.40. The second kappa shape index (κ2) is 12.1. The van der Waals surface area contributed by atoms with Crippen molar-refractivity contribution in [1.82, 2.24) is 20.4 Å². The monoisotopic (exact) mass is 430 g/mol. The van der Waals surface area contributed by atoms with E-state index in [4.69, 9.17) is 4.74 Å². The molecule has 3 amide bonds. The van der Waals surface area contributed by atoms with Gasteiger partial charge in [-0.1, -0.05) is 19.9 Å². The molecule has 2 N–H and O–H groups in total. The van der Waals surface area contributed by atoms with Gasteiger partial charge in [0.1, 0.15) is 11.8 Å². The van der Waals surface area contributed by atoms with Gasteiger partial charge in [0.25, 0.3) is 5.91 Å². The molecule has 1 aromatic rings. The molecule has 2 rings (SSSR count). The van der Waals surface area contributed by atoms with Gasteiger partial charge >= 0.3 is 0 Å². The highest BCUT2D eigenvalue weighted by molar-refractivity contribution is 5.97. The molecule has 1 unspecified atom stereocenters. The van der Waals surface area contributed by atoms with Crippen molar-refractivity contribution in [3.8, 4) is 5.75 Å². The van der Waals surface area contributed by atoms with Crippen molar-refractivity contribution in [3.05, 3.63) is 42.5 Å². The van der Waals surface area contributed by atoms with Crippen LogP contribution in [0.5, 0.6) is 5.75 Å². The zero-order valence-electron chi connectivity index (χ0n) is 18.7. The second-order valence-electron chi connectivity index (χ2n) is 7.85. The number of nitrogens with zero attached hydrogens (tertiary/aromatic N) is 2. The highest BCUT2D eigenvalue weighted by atomic mass is 16.5. The first-order valence-electron chi connectivity index (χ1n) is 10.8. The SMILES string of the molecule is C=CCNC(=O)CN1CCN(C(=O)C(NC(=O)c2ccc(OCC)cc2)C(C)C)CC1. The first-order valence-corrected chi connectivity index (χ1v) is 10.8. The highest BCUT2D eigenvalue weighted by Crippen LogP contribution is 2.14. The standard InChI is InChI=1S/C23H34N4O4/c1-5-11-24-20(28)16-26-12-14-27(15-13-26)23(30)21(17(3)4)25-22(29)18-7-9-19(10-8-18)31-6-2/h5,7-10,17,21H,1,6,11-16H2,2-4H3,(H,24,28)(H,25,29). The summed E-state index contributed by atoms with van der Waals surface area (Å²) in [5, 5.41) is 5.65. The van der Waals surface area contributed by atoms with Crippen LogP contribution in [0.1, 0.15) is 31.1 Å². The Morgan fingerprint density at radius 1 is 1.13 bits per heavy atom. The first kappa shape index (κ1) is 24.4. The molecule has 1 aliphatic rings. The van der Waals surface area contributed by atoms with Crippen molar-refractivity contribution in [2.75, 3.05) is 45.9 Å². The lowest BCUT2D eigenvalue weighted by Gasteiger charge is -2.37. The molecule has 0 bridgehead atoms. The smallest absolute Gasteiger partial charge is 0.251 e. The number of rotatable bonds is 10. The van der Waals surface area contributed by atoms with E-state index >= 15 is 0 Å². The average molecular weight is 431 g/mol. The van der Waals surface area contributed by atoms with E-state index in [0.29, 0.717) is 57.2 Å². The van der Waals surface area contributed by atoms with E-state index in [0.717, 1.165) is 0 Å². The van der Waals surface area contributed by atoms with Gasteiger partial charge in [-0.15, -0.1) is 6.58 Å². The van der Waals surface area contributed by atoms with Gasteiger partial charge in [0.2, 0.25) is 11.8 Å². The van der Waals surface area contributed by atoms with E-state index in [1.807, 2.05) is 25.7 Å². The number of ether oxygens (including phenoxy) is 1. The zero-order chi connectivity index (χ0) is 22.8. The summed E-state index contributed by atoms with van der Waals surface area (Å²) in [6, 6.07) is 6.27. The van der Waals surface area contributed by atoms with Gasteiger partial charge < -0.3 is 20.3 Å². The molecule has 0 aliphatic carbocycles. The molecule has 8 nitrogen and oxygen atoms in total. The fraction of sp³-hybridized carbons (Fsp3) is 0.522. The largest absolute Gasteiger partial charge is 0.494 e. The van der Waals surface area contributed by atoms with Crippen LogP contribution < -0.4 is 15.4 Å². The maximum absolute atomic E-state index is 13.1. The van der Waals surface area contributed by atoms with E-state index in [1.54, 1.807) is 35.2 Å². The van der Waals surface area contributed by atoms with Crippen molar-refractivity contribution >= 4 is 17.7 Å². The minimum absolute atomic E-state index is 0.0534. The minimum atomic E-state index is -0.610. The zero-order valence-corrected chi connectivity index (χ0v) is 18.7. The van der Waals surface area contributed by atoms with Gasteiger partial charge in [-0.25, -0.2) is 0 Å². The molecule has 31 heavy (non-hydrogen) atoms. The first-order chi connectivity index (χ1) is 14.8. The Kier molecular flexibility index (Phi) is 9.52. The van der Waals surface area contributed by atoms with Crippen LogP contribution in [0.15, 0.2) is 36.9 Å². The molecule has 1 fully saturated rings. The molecule has 0 radical (unpaired) electrons. The van der Waals surface area contributed by atoms with Gasteiger partial charge in [-0.2, -0.15) is 0 Å². The quantitative estimate of drug-likeness (QED) is 0.546. The highest BCUT2D eigenvalue weighted by Gasteiger charge is 2.31. The summed E-state index contributed by atoms with van der Waals surface area (Å²) in [5.74, 6) is 0.216. The van der Waals surface area contributed by atoms with E-state index in [-0.39, 0.29) is 23.6 Å². The fourth-order valence-electron chi connectivity index (χ4n) is 3.38. The predicted octanol–water partition coefficient (Wildman–Crippen LogP) is 1.29. The number of piperazine rings is 1. The van der Waals surface area contributed by atoms with Crippen molar-refractivity contribution in [3.63, 3.8) is 0 Å². The summed E-state index contributed by atoms with van der Waals surface area (Å²) in [7, 11) is 0. The van der Waals surface area contributed by atoms with Gasteiger partial charge in [0.05, 0.1) is 13.2 Å². The molecule has 1 aromatic carbocycles. The minimum Gasteiger partial charge on any atom is -0.494 e. The molecule has 1 heterocycles. The van der Waals surface area contributed by atoms with Crippen molar-refractivity contribution in [2.45, 2.75) is 26.8 Å². The summed E-state index contributed by atoms with van der Waals surface area (Å²) in [4.78, 5) is 41.4. The number of amides is 3. The molecular weight excluding hydrogens is 396 g/mol. The number of hydrogen-bond acceptors (Lipinski definition) is 5. The Bertz CT molecular complexity index is 755. The lowest BCUT2D eigenvalue weighted by molar-refractivity contribution is -0.136. The Hall–Kier alpha value is -2.87. The van der Waals surface area contributed by atoms with Crippen LogP contribution in [0.4, 0.5) is 0 Å². The van der Waals surface area contributed by atoms with Crippen LogP contribution in [0.25, 0.3) is 0 Å². The predicted molar refractivity (Wildman–Crippen MR) is 120 cm³/mol. The lowest BCUT2D eigenvalue weighted by Crippen LogP contribution is -2.57. The molecule has 170 valence electrons. The second-order valence-corrected chi connectivity index (χ2v) is 7.85. The average Bonchev–Trinajstić information content (AvgIpc) is 2.76. The third-order valence-corrected chi connectivity index (χ3v) is 5.14. The number of nitrogens with one attached hydrogen (secondary N) is 2. The molecular formula is C23H34N4O4. The molecule has 1 atom stereocenters. The summed E-state index contributed by atoms with van der Waals surface area (Å²) in [6.45, 7) is 12.9. The van der Waals surface area contributed by atoms with Crippen molar-refractivity contribution < 1.29 is 19.1 Å². The van der Waals surface area contributed by atoms with E-state index in [9.17, 15) is 14.4 Å². The van der Waals surface area contributed by atoms with Crippen LogP contribution in [-0.4, -0.2) is 79.4 Å². The fourth-order valence-corrected chi connectivity index (χ4v) is 3.38. The molecule has 0 aromatic heterocycles. The van der Waals surface area contributed by atoms with Crippen molar-refractivity contribution in [1.29, 1.82) is 0 Å². The van der Waals surface area contributed by atoms with Gasteiger partial charge in [-0.3, -0.25) is 19.3 Å². The number of carbonyl (C=O) groups is 3. The number of carbonyl (C=O) groups excluding carboxylic acids is 3. The summed E-state index contributed by atoms with van der Waals surface area (Å²) >= 11 is 0. The van der Waals surface area contributed by atoms with Crippen LogP contribution in [0.3, 0.4) is 0 Å². The molecule has 0 saturated carbocycles. The van der Waals surface area contributed by atoms with Gasteiger partial charge in [0.15, 0.2) is 0 Å². The van der Waals surface area contributed by atoms with Crippen LogP contribution in [0.2, 0.25) is 0 Å².